The van der Waals surface area contributed by atoms with E-state index in [1.165, 1.54) is 10.5 Å². The fraction of sp³-hybridized carbons (Fsp3) is 0.0556. The van der Waals surface area contributed by atoms with Gasteiger partial charge in [-0.15, -0.1) is 0 Å². The minimum atomic E-state index is -0.463. The topological polar surface area (TPSA) is 76.5 Å². The zero-order valence-corrected chi connectivity index (χ0v) is 14.5. The third-order valence-electron chi connectivity index (χ3n) is 3.84. The fourth-order valence-electron chi connectivity index (χ4n) is 2.66. The van der Waals surface area contributed by atoms with Gasteiger partial charge in [-0.1, -0.05) is 18.2 Å². The smallest absolute Gasteiger partial charge is 0.340 e. The summed E-state index contributed by atoms with van der Waals surface area (Å²) in [6.07, 6.45) is 3.26. The molecule has 124 valence electrons. The van der Waals surface area contributed by atoms with Crippen molar-refractivity contribution in [3.05, 3.63) is 80.9 Å². The van der Waals surface area contributed by atoms with Crippen molar-refractivity contribution < 1.29 is 9.53 Å². The highest BCUT2D eigenvalue weighted by Gasteiger charge is 2.14. The van der Waals surface area contributed by atoms with Gasteiger partial charge in [0.2, 0.25) is 0 Å². The Labute approximate surface area is 150 Å². The van der Waals surface area contributed by atoms with Crippen LogP contribution in [0, 0.1) is 0 Å². The number of carbonyl (C=O) groups is 1. The number of benzene rings is 1. The van der Waals surface area contributed by atoms with Gasteiger partial charge >= 0.3 is 5.97 Å². The van der Waals surface area contributed by atoms with Crippen LogP contribution in [-0.2, 0) is 11.3 Å². The number of aromatic nitrogens is 3. The van der Waals surface area contributed by atoms with Crippen LogP contribution in [0.15, 0.2) is 64.1 Å². The Morgan fingerprint density at radius 3 is 2.96 bits per heavy atom. The maximum absolute atomic E-state index is 12.3. The summed E-state index contributed by atoms with van der Waals surface area (Å²) in [7, 11) is 0. The maximum Gasteiger partial charge on any atom is 0.340 e. The normalized spacial score (nSPS) is 11.1. The van der Waals surface area contributed by atoms with Gasteiger partial charge in [0.15, 0.2) is 0 Å². The van der Waals surface area contributed by atoms with E-state index in [2.05, 4.69) is 25.9 Å². The molecule has 0 radical (unpaired) electrons. The van der Waals surface area contributed by atoms with E-state index < -0.39 is 5.97 Å². The van der Waals surface area contributed by atoms with Gasteiger partial charge in [-0.25, -0.2) is 9.78 Å². The highest BCUT2D eigenvalue weighted by molar-refractivity contribution is 9.10. The summed E-state index contributed by atoms with van der Waals surface area (Å²) >= 11 is 3.32. The molecule has 4 rings (SSSR count). The van der Waals surface area contributed by atoms with Crippen molar-refractivity contribution in [2.24, 2.45) is 0 Å². The van der Waals surface area contributed by atoms with Crippen LogP contribution in [0.4, 0.5) is 0 Å². The van der Waals surface area contributed by atoms with Crippen LogP contribution >= 0.6 is 15.9 Å². The zero-order chi connectivity index (χ0) is 17.4. The molecule has 6 nitrogen and oxygen atoms in total. The third kappa shape index (κ3) is 2.94. The number of nitrogens with zero attached hydrogens (tertiary/aromatic N) is 2. The summed E-state index contributed by atoms with van der Waals surface area (Å²) in [4.78, 5) is 31.9. The predicted molar refractivity (Wildman–Crippen MR) is 96.6 cm³/mol. The lowest BCUT2D eigenvalue weighted by atomic mass is 10.2. The fourth-order valence-corrected chi connectivity index (χ4v) is 2.99. The van der Waals surface area contributed by atoms with E-state index in [-0.39, 0.29) is 12.2 Å². The Balaban J connectivity index is 1.59. The molecule has 0 aliphatic heterocycles. The van der Waals surface area contributed by atoms with Crippen LogP contribution < -0.4 is 5.56 Å². The van der Waals surface area contributed by atoms with Gasteiger partial charge in [-0.05, 0) is 34.1 Å². The number of hydrogen-bond donors (Lipinski definition) is 1. The molecule has 3 aromatic heterocycles. The number of para-hydroxylation sites is 1. The quantitative estimate of drug-likeness (QED) is 0.538. The van der Waals surface area contributed by atoms with E-state index in [9.17, 15) is 9.59 Å². The van der Waals surface area contributed by atoms with Crippen molar-refractivity contribution in [1.82, 2.24) is 14.4 Å². The molecule has 0 saturated heterocycles. The van der Waals surface area contributed by atoms with Gasteiger partial charge in [-0.3, -0.25) is 9.20 Å². The molecule has 0 amide bonds. The van der Waals surface area contributed by atoms with Crippen molar-refractivity contribution in [1.29, 1.82) is 0 Å². The maximum atomic E-state index is 12.3. The predicted octanol–water partition coefficient (Wildman–Crippen LogP) is 3.30. The van der Waals surface area contributed by atoms with Crippen LogP contribution in [0.3, 0.4) is 0 Å². The molecule has 4 aromatic rings. The Morgan fingerprint density at radius 2 is 2.08 bits per heavy atom. The number of rotatable bonds is 3. The molecule has 25 heavy (non-hydrogen) atoms. The Hall–Kier alpha value is -2.93. The molecule has 0 aliphatic rings. The van der Waals surface area contributed by atoms with Crippen molar-refractivity contribution in [2.75, 3.05) is 0 Å². The van der Waals surface area contributed by atoms with Crippen molar-refractivity contribution in [3.8, 4) is 0 Å². The number of H-pyrrole nitrogens is 1. The van der Waals surface area contributed by atoms with Gasteiger partial charge in [0.1, 0.15) is 12.3 Å². The second kappa shape index (κ2) is 6.18. The second-order valence-electron chi connectivity index (χ2n) is 5.49. The average molecular weight is 398 g/mol. The van der Waals surface area contributed by atoms with Gasteiger partial charge in [0.05, 0.1) is 11.3 Å². The molecule has 1 aromatic carbocycles. The number of halogens is 1. The minimum absolute atomic E-state index is 0.0693. The Morgan fingerprint density at radius 1 is 1.24 bits per heavy atom. The SMILES string of the molecule is O=C(OCc1cc(=O)n2cc(Br)ccc2n1)c1c[nH]c2ccccc12. The minimum Gasteiger partial charge on any atom is -0.456 e. The van der Waals surface area contributed by atoms with Crippen molar-refractivity contribution >= 4 is 38.4 Å². The Bertz CT molecular complexity index is 1160. The van der Waals surface area contributed by atoms with E-state index in [1.54, 1.807) is 24.5 Å². The third-order valence-corrected chi connectivity index (χ3v) is 4.31. The van der Waals surface area contributed by atoms with Gasteiger partial charge in [0.25, 0.3) is 5.56 Å². The van der Waals surface area contributed by atoms with E-state index in [0.29, 0.717) is 16.9 Å². The molecular weight excluding hydrogens is 386 g/mol. The molecular formula is C18H12BrN3O3. The molecule has 0 saturated carbocycles. The van der Waals surface area contributed by atoms with E-state index in [0.717, 1.165) is 15.4 Å². The monoisotopic (exact) mass is 397 g/mol. The lowest BCUT2D eigenvalue weighted by molar-refractivity contribution is 0.0470. The summed E-state index contributed by atoms with van der Waals surface area (Å²) in [6, 6.07) is 12.4. The molecule has 0 aliphatic carbocycles. The number of carbonyl (C=O) groups excluding carboxylic acids is 1. The number of pyridine rings is 1. The average Bonchev–Trinajstić information content (AvgIpc) is 3.04. The van der Waals surface area contributed by atoms with Crippen molar-refractivity contribution in [2.45, 2.75) is 6.61 Å². The van der Waals surface area contributed by atoms with Crippen LogP contribution in [-0.4, -0.2) is 20.3 Å². The molecule has 0 spiro atoms. The highest BCUT2D eigenvalue weighted by atomic mass is 79.9. The first-order chi connectivity index (χ1) is 12.1. The van der Waals surface area contributed by atoms with Gasteiger partial charge < -0.3 is 9.72 Å². The number of aromatic amines is 1. The number of fused-ring (bicyclic) bond motifs is 2. The first-order valence-electron chi connectivity index (χ1n) is 7.53. The van der Waals surface area contributed by atoms with E-state index in [4.69, 9.17) is 4.74 Å². The number of hydrogen-bond acceptors (Lipinski definition) is 4. The second-order valence-corrected chi connectivity index (χ2v) is 6.40. The number of ether oxygens (including phenoxy) is 1. The number of nitrogens with one attached hydrogen (secondary N) is 1. The van der Waals surface area contributed by atoms with E-state index >= 15 is 0 Å². The highest BCUT2D eigenvalue weighted by Crippen LogP contribution is 2.19. The number of esters is 1. The lowest BCUT2D eigenvalue weighted by Crippen LogP contribution is -2.16. The summed E-state index contributed by atoms with van der Waals surface area (Å²) < 4.78 is 7.54. The molecule has 1 N–H and O–H groups in total. The summed E-state index contributed by atoms with van der Waals surface area (Å²) in [5.74, 6) is -0.463. The zero-order valence-electron chi connectivity index (χ0n) is 12.9. The van der Waals surface area contributed by atoms with Crippen LogP contribution in [0.2, 0.25) is 0 Å². The van der Waals surface area contributed by atoms with Gasteiger partial charge in [0, 0.05) is 33.8 Å². The molecule has 7 heteroatoms. The van der Waals surface area contributed by atoms with Crippen LogP contribution in [0.25, 0.3) is 16.6 Å². The summed E-state index contributed by atoms with van der Waals surface area (Å²) in [5.41, 5.74) is 1.98. The van der Waals surface area contributed by atoms with Crippen LogP contribution in [0.1, 0.15) is 16.1 Å². The first kappa shape index (κ1) is 15.6. The standard InChI is InChI=1S/C18H12BrN3O3/c19-11-5-6-16-21-12(7-17(23)22(16)9-11)10-25-18(24)14-8-20-15-4-2-1-3-13(14)15/h1-9,20H,10H2. The van der Waals surface area contributed by atoms with Crippen molar-refractivity contribution in [3.63, 3.8) is 0 Å². The molecule has 0 atom stereocenters. The summed E-state index contributed by atoms with van der Waals surface area (Å²) in [5, 5.41) is 0.795. The summed E-state index contributed by atoms with van der Waals surface area (Å²) in [6.45, 7) is -0.0693. The van der Waals surface area contributed by atoms with E-state index in [1.807, 2.05) is 24.3 Å². The molecule has 0 bridgehead atoms. The Kier molecular flexibility index (Phi) is 3.85. The lowest BCUT2D eigenvalue weighted by Gasteiger charge is -2.06. The first-order valence-corrected chi connectivity index (χ1v) is 8.32. The molecule has 3 heterocycles. The largest absolute Gasteiger partial charge is 0.456 e. The van der Waals surface area contributed by atoms with Crippen LogP contribution in [0.5, 0.6) is 0 Å². The molecule has 0 fully saturated rings. The van der Waals surface area contributed by atoms with Gasteiger partial charge in [-0.2, -0.15) is 0 Å². The molecule has 0 unspecified atom stereocenters.